The van der Waals surface area contributed by atoms with Crippen molar-refractivity contribution in [2.75, 3.05) is 39.5 Å². The Morgan fingerprint density at radius 2 is 0.826 bits per heavy atom. The number of hydrogen-bond acceptors (Lipinski definition) is 8. The molecule has 0 radical (unpaired) electrons. The Labute approximate surface area is 423 Å². The fourth-order valence-corrected chi connectivity index (χ4v) is 9.86. The lowest BCUT2D eigenvalue weighted by atomic mass is 9.94. The molecule has 9 nitrogen and oxygen atoms in total. The second-order valence-electron chi connectivity index (χ2n) is 20.7. The number of ether oxygens (including phenoxy) is 3. The van der Waals surface area contributed by atoms with Gasteiger partial charge < -0.3 is 29.4 Å². The van der Waals surface area contributed by atoms with Crippen molar-refractivity contribution >= 4 is 28.8 Å². The third kappa shape index (κ3) is 30.5. The maximum absolute atomic E-state index is 13.2. The van der Waals surface area contributed by atoms with Crippen LogP contribution in [0.2, 0.25) is 0 Å². The molecule has 9 heteroatoms. The number of unbranched alkanes of at least 4 members (excludes halogenated alkanes) is 23. The number of aryl methyl sites for hydroxylation is 1. The van der Waals surface area contributed by atoms with Gasteiger partial charge in [0.1, 0.15) is 6.04 Å². The van der Waals surface area contributed by atoms with Crippen molar-refractivity contribution in [3.8, 4) is 0 Å². The summed E-state index contributed by atoms with van der Waals surface area (Å²) in [5, 5.41) is 1.13. The second-order valence-corrected chi connectivity index (χ2v) is 20.7. The fraction of sp³-hybridized carbons (Fsp3) is 0.817. The number of fused-ring (bicyclic) bond motifs is 1. The zero-order chi connectivity index (χ0) is 50.0. The smallest absolute Gasteiger partial charge is 0.323 e. The Morgan fingerprint density at radius 3 is 1.29 bits per heavy atom. The third-order valence-electron chi connectivity index (χ3n) is 14.4. The number of hydrogen-bond donors (Lipinski definition) is 1. The molecule has 0 aliphatic heterocycles. The standard InChI is InChI=1S/C60H107N3O6/c1-6-10-14-18-20-28-40-52(38-26-16-12-8-3)58(64)67-47-35-24-22-32-44-63(46-34-37-49-69-60(66)56(61)50-54-51-62(5)57-43-31-30-42-55(54)57)45-33-23-25-36-48-68-59(65)53(39-27-17-13-9-4)41-29-21-19-15-11-7-2/h30-31,42-43,51-53,56H,6-29,32-41,44-50,61H2,1-5H3/t52?,53?,56-/m1/s1. The highest BCUT2D eigenvalue weighted by Crippen LogP contribution is 2.24. The first-order chi connectivity index (χ1) is 33.7. The van der Waals surface area contributed by atoms with Gasteiger partial charge in [0.05, 0.1) is 31.7 Å². The number of nitrogens with zero attached hydrogens (tertiary/aromatic N) is 2. The van der Waals surface area contributed by atoms with Crippen molar-refractivity contribution in [3.05, 3.63) is 36.0 Å². The lowest BCUT2D eigenvalue weighted by molar-refractivity contribution is -0.150. The molecule has 0 fully saturated rings. The van der Waals surface area contributed by atoms with Crippen LogP contribution in [-0.2, 0) is 42.1 Å². The molecule has 0 spiro atoms. The average molecular weight is 967 g/mol. The van der Waals surface area contributed by atoms with Crippen LogP contribution in [0.15, 0.2) is 30.5 Å². The van der Waals surface area contributed by atoms with Crippen LogP contribution in [0.1, 0.15) is 252 Å². The van der Waals surface area contributed by atoms with Crippen LogP contribution in [-0.4, -0.2) is 72.9 Å². The predicted molar refractivity (Wildman–Crippen MR) is 291 cm³/mol. The summed E-state index contributed by atoms with van der Waals surface area (Å²) in [7, 11) is 2.02. The average Bonchev–Trinajstić information content (AvgIpc) is 3.67. The first-order valence-electron chi connectivity index (χ1n) is 29.3. The summed E-state index contributed by atoms with van der Waals surface area (Å²) < 4.78 is 19.5. The number of benzene rings is 1. The number of carbonyl (C=O) groups is 3. The SMILES string of the molecule is CCCCCCCCC(CCCCCC)C(=O)OCCCCCCN(CCCCCCOC(=O)C(CCCCCC)CCCCCCCC)CCCCOC(=O)[C@H](N)Cc1cn(C)c2ccccc12. The molecule has 0 bridgehead atoms. The number of aromatic nitrogens is 1. The lowest BCUT2D eigenvalue weighted by Gasteiger charge is -2.22. The number of carbonyl (C=O) groups excluding carboxylic acids is 3. The number of nitrogens with two attached hydrogens (primary N) is 1. The van der Waals surface area contributed by atoms with Crippen molar-refractivity contribution in [2.24, 2.45) is 24.6 Å². The van der Waals surface area contributed by atoms with Crippen molar-refractivity contribution in [1.82, 2.24) is 9.47 Å². The number of rotatable bonds is 48. The van der Waals surface area contributed by atoms with E-state index in [1.54, 1.807) is 0 Å². The van der Waals surface area contributed by atoms with E-state index in [1.807, 2.05) is 19.2 Å². The largest absolute Gasteiger partial charge is 0.465 e. The fourth-order valence-electron chi connectivity index (χ4n) is 9.86. The zero-order valence-corrected chi connectivity index (χ0v) is 45.5. The predicted octanol–water partition coefficient (Wildman–Crippen LogP) is 15.6. The minimum absolute atomic E-state index is 0.0346. The highest BCUT2D eigenvalue weighted by atomic mass is 16.5. The Bertz CT molecular complexity index is 1490. The quantitative estimate of drug-likeness (QED) is 0.0396. The molecule has 0 amide bonds. The van der Waals surface area contributed by atoms with E-state index in [0.29, 0.717) is 26.2 Å². The van der Waals surface area contributed by atoms with Crippen LogP contribution < -0.4 is 5.73 Å². The molecule has 0 aliphatic rings. The van der Waals surface area contributed by atoms with E-state index in [1.165, 1.54) is 103 Å². The van der Waals surface area contributed by atoms with E-state index in [4.69, 9.17) is 19.9 Å². The molecular weight excluding hydrogens is 859 g/mol. The van der Waals surface area contributed by atoms with Gasteiger partial charge in [0.2, 0.25) is 0 Å². The summed E-state index contributed by atoms with van der Waals surface area (Å²) in [6.45, 7) is 13.4. The number of esters is 3. The summed E-state index contributed by atoms with van der Waals surface area (Å²) in [5.74, 6) is -0.148. The maximum Gasteiger partial charge on any atom is 0.323 e. The van der Waals surface area contributed by atoms with E-state index >= 15 is 0 Å². The van der Waals surface area contributed by atoms with E-state index < -0.39 is 6.04 Å². The molecule has 0 saturated carbocycles. The maximum atomic E-state index is 13.2. The molecule has 2 aromatic rings. The number of para-hydroxylation sites is 1. The molecule has 1 heterocycles. The van der Waals surface area contributed by atoms with E-state index in [2.05, 4.69) is 55.5 Å². The van der Waals surface area contributed by atoms with Gasteiger partial charge in [-0.15, -0.1) is 0 Å². The Hall–Kier alpha value is -2.91. The molecule has 0 aliphatic carbocycles. The minimum atomic E-state index is -0.691. The summed E-state index contributed by atoms with van der Waals surface area (Å²) in [6, 6.07) is 7.51. The summed E-state index contributed by atoms with van der Waals surface area (Å²) in [5.41, 5.74) is 8.54. The minimum Gasteiger partial charge on any atom is -0.465 e. The highest BCUT2D eigenvalue weighted by Gasteiger charge is 2.21. The molecule has 2 rings (SSSR count). The molecule has 1 aromatic carbocycles. The molecule has 3 atom stereocenters. The van der Waals surface area contributed by atoms with Crippen LogP contribution in [0.5, 0.6) is 0 Å². The van der Waals surface area contributed by atoms with Crippen LogP contribution in [0.25, 0.3) is 10.9 Å². The van der Waals surface area contributed by atoms with Crippen LogP contribution >= 0.6 is 0 Å². The van der Waals surface area contributed by atoms with Gasteiger partial charge in [-0.25, -0.2) is 0 Å². The molecular formula is C60H107N3O6. The first kappa shape index (κ1) is 62.2. The van der Waals surface area contributed by atoms with Crippen molar-refractivity contribution in [3.63, 3.8) is 0 Å². The highest BCUT2D eigenvalue weighted by molar-refractivity contribution is 5.85. The Morgan fingerprint density at radius 1 is 0.478 bits per heavy atom. The molecule has 2 unspecified atom stereocenters. The topological polar surface area (TPSA) is 113 Å². The summed E-state index contributed by atoms with van der Waals surface area (Å²) >= 11 is 0. The monoisotopic (exact) mass is 966 g/mol. The van der Waals surface area contributed by atoms with Crippen molar-refractivity contribution < 1.29 is 28.6 Å². The summed E-state index contributed by atoms with van der Waals surface area (Å²) in [6.07, 6.45) is 41.2. The van der Waals surface area contributed by atoms with E-state index in [9.17, 15) is 14.4 Å². The van der Waals surface area contributed by atoms with Gasteiger partial charge in [-0.3, -0.25) is 14.4 Å². The molecule has 1 aromatic heterocycles. The van der Waals surface area contributed by atoms with Gasteiger partial charge in [-0.05, 0) is 95.5 Å². The zero-order valence-electron chi connectivity index (χ0n) is 45.5. The Kier molecular flexibility index (Phi) is 38.5. The first-order valence-corrected chi connectivity index (χ1v) is 29.3. The van der Waals surface area contributed by atoms with Gasteiger partial charge in [-0.1, -0.05) is 200 Å². The van der Waals surface area contributed by atoms with E-state index in [-0.39, 0.29) is 29.7 Å². The molecule has 2 N–H and O–H groups in total. The normalized spacial score (nSPS) is 13.0. The van der Waals surface area contributed by atoms with Crippen LogP contribution in [0.3, 0.4) is 0 Å². The van der Waals surface area contributed by atoms with Crippen LogP contribution in [0, 0.1) is 11.8 Å². The summed E-state index contributed by atoms with van der Waals surface area (Å²) in [4.78, 5) is 41.8. The van der Waals surface area contributed by atoms with Gasteiger partial charge in [0.25, 0.3) is 0 Å². The second kappa shape index (κ2) is 42.7. The molecule has 398 valence electrons. The molecule has 69 heavy (non-hydrogen) atoms. The van der Waals surface area contributed by atoms with Gasteiger partial charge in [-0.2, -0.15) is 0 Å². The van der Waals surface area contributed by atoms with Crippen molar-refractivity contribution in [1.29, 1.82) is 0 Å². The third-order valence-corrected chi connectivity index (χ3v) is 14.4. The molecule has 0 saturated heterocycles. The van der Waals surface area contributed by atoms with Gasteiger partial charge in [0, 0.05) is 30.6 Å². The van der Waals surface area contributed by atoms with Crippen molar-refractivity contribution in [2.45, 2.75) is 258 Å². The lowest BCUT2D eigenvalue weighted by Crippen LogP contribution is -2.34. The van der Waals surface area contributed by atoms with Crippen LogP contribution in [0.4, 0.5) is 0 Å². The van der Waals surface area contributed by atoms with Gasteiger partial charge in [0.15, 0.2) is 0 Å². The van der Waals surface area contributed by atoms with E-state index in [0.717, 1.165) is 152 Å². The van der Waals surface area contributed by atoms with Gasteiger partial charge >= 0.3 is 17.9 Å². The Balaban J connectivity index is 1.80.